The van der Waals surface area contributed by atoms with E-state index in [0.29, 0.717) is 37.1 Å². The maximum absolute atomic E-state index is 11.7. The lowest BCUT2D eigenvalue weighted by Crippen LogP contribution is -2.07. The van der Waals surface area contributed by atoms with Gasteiger partial charge >= 0.3 is 5.97 Å². The van der Waals surface area contributed by atoms with Crippen LogP contribution in [0.4, 0.5) is 0 Å². The Hall–Kier alpha value is -2.17. The van der Waals surface area contributed by atoms with E-state index < -0.39 is 5.97 Å². The van der Waals surface area contributed by atoms with Gasteiger partial charge in [-0.3, -0.25) is 0 Å². The lowest BCUT2D eigenvalue weighted by atomic mass is 10.1. The topological polar surface area (TPSA) is 54.0 Å². The van der Waals surface area contributed by atoms with Crippen molar-refractivity contribution in [3.63, 3.8) is 0 Å². The van der Waals surface area contributed by atoms with Gasteiger partial charge in [0.15, 0.2) is 11.5 Å². The first-order valence-corrected chi connectivity index (χ1v) is 13.0. The number of methoxy groups -OCH3 is 1. The molecular weight excluding hydrogens is 416 g/mol. The van der Waals surface area contributed by atoms with E-state index in [1.54, 1.807) is 6.08 Å². The van der Waals surface area contributed by atoms with Crippen LogP contribution >= 0.6 is 0 Å². The van der Waals surface area contributed by atoms with Crippen LogP contribution < -0.4 is 14.2 Å². The molecule has 0 fully saturated rings. The van der Waals surface area contributed by atoms with Gasteiger partial charge in [-0.25, -0.2) is 4.79 Å². The van der Waals surface area contributed by atoms with Gasteiger partial charge in [-0.1, -0.05) is 78.6 Å². The van der Waals surface area contributed by atoms with E-state index in [1.165, 1.54) is 51.7 Å². The van der Waals surface area contributed by atoms with Crippen molar-refractivity contribution in [2.45, 2.75) is 97.8 Å². The molecule has 1 aromatic rings. The van der Waals surface area contributed by atoms with Crippen molar-refractivity contribution in [1.29, 1.82) is 0 Å². The van der Waals surface area contributed by atoms with Crippen molar-refractivity contribution in [2.24, 2.45) is 0 Å². The molecule has 0 aromatic heterocycles. The molecule has 1 rings (SSSR count). The molecule has 5 heteroatoms. The van der Waals surface area contributed by atoms with Crippen LogP contribution in [0.3, 0.4) is 0 Å². The Morgan fingerprint density at radius 1 is 0.697 bits per heavy atom. The second-order valence-electron chi connectivity index (χ2n) is 8.40. The number of rotatable bonds is 20. The number of esters is 1. The number of ether oxygens (including phenoxy) is 4. The molecule has 0 N–H and O–H groups in total. The summed E-state index contributed by atoms with van der Waals surface area (Å²) in [5, 5.41) is 0. The van der Waals surface area contributed by atoms with Crippen molar-refractivity contribution >= 4 is 12.0 Å². The summed E-state index contributed by atoms with van der Waals surface area (Å²) >= 11 is 0. The summed E-state index contributed by atoms with van der Waals surface area (Å²) in [6, 6.07) is 3.84. The van der Waals surface area contributed by atoms with Gasteiger partial charge in [0, 0.05) is 11.6 Å². The van der Waals surface area contributed by atoms with E-state index in [1.807, 2.05) is 12.1 Å². The summed E-state index contributed by atoms with van der Waals surface area (Å²) in [4.78, 5) is 11.7. The molecule has 0 saturated heterocycles. The van der Waals surface area contributed by atoms with Crippen molar-refractivity contribution < 1.29 is 23.7 Å². The van der Waals surface area contributed by atoms with Gasteiger partial charge in [-0.15, -0.1) is 0 Å². The van der Waals surface area contributed by atoms with E-state index in [9.17, 15) is 4.79 Å². The Balaban J connectivity index is 3.08. The zero-order valence-corrected chi connectivity index (χ0v) is 21.5. The largest absolute Gasteiger partial charge is 0.490 e. The Morgan fingerprint density at radius 2 is 1.21 bits per heavy atom. The summed E-state index contributed by atoms with van der Waals surface area (Å²) in [5.74, 6) is 1.60. The van der Waals surface area contributed by atoms with Crippen LogP contribution in [-0.2, 0) is 9.53 Å². The second kappa shape index (κ2) is 19.3. The second-order valence-corrected chi connectivity index (χ2v) is 8.40. The van der Waals surface area contributed by atoms with Crippen LogP contribution in [0.15, 0.2) is 18.2 Å². The Kier molecular flexibility index (Phi) is 16.9. The highest BCUT2D eigenvalue weighted by Crippen LogP contribution is 2.41. The van der Waals surface area contributed by atoms with Crippen LogP contribution in [0.2, 0.25) is 0 Å². The SMILES string of the molecule is CCCCCCOc1ccc(/C=C/C(=O)OC)c(OCCCCCC)c1OCCCCCC. The molecule has 0 saturated carbocycles. The van der Waals surface area contributed by atoms with E-state index in [2.05, 4.69) is 20.8 Å². The molecule has 0 heterocycles. The summed E-state index contributed by atoms with van der Waals surface area (Å²) in [7, 11) is 1.37. The monoisotopic (exact) mass is 462 g/mol. The number of carbonyl (C=O) groups is 1. The Bertz CT molecular complexity index is 668. The highest BCUT2D eigenvalue weighted by molar-refractivity contribution is 5.88. The molecule has 0 aliphatic heterocycles. The fourth-order valence-electron chi connectivity index (χ4n) is 3.43. The van der Waals surface area contributed by atoms with Gasteiger partial charge in [0.1, 0.15) is 0 Å². The fraction of sp³-hybridized carbons (Fsp3) is 0.679. The van der Waals surface area contributed by atoms with Crippen molar-refractivity contribution in [2.75, 3.05) is 26.9 Å². The molecule has 0 bridgehead atoms. The maximum atomic E-state index is 11.7. The molecule has 0 aliphatic rings. The van der Waals surface area contributed by atoms with Gasteiger partial charge in [-0.2, -0.15) is 0 Å². The third-order valence-corrected chi connectivity index (χ3v) is 5.45. The zero-order valence-electron chi connectivity index (χ0n) is 21.5. The smallest absolute Gasteiger partial charge is 0.330 e. The summed E-state index contributed by atoms with van der Waals surface area (Å²) < 4.78 is 23.4. The molecular formula is C28H46O5. The molecule has 5 nitrogen and oxygen atoms in total. The maximum Gasteiger partial charge on any atom is 0.330 e. The van der Waals surface area contributed by atoms with Gasteiger partial charge in [0.05, 0.1) is 26.9 Å². The van der Waals surface area contributed by atoms with Gasteiger partial charge < -0.3 is 18.9 Å². The number of benzene rings is 1. The van der Waals surface area contributed by atoms with Crippen LogP contribution in [0.25, 0.3) is 6.08 Å². The van der Waals surface area contributed by atoms with Crippen LogP contribution in [0.5, 0.6) is 17.2 Å². The first-order valence-electron chi connectivity index (χ1n) is 13.0. The minimum atomic E-state index is -0.401. The summed E-state index contributed by atoms with van der Waals surface area (Å²) in [6.07, 6.45) is 16.7. The highest BCUT2D eigenvalue weighted by Gasteiger charge is 2.17. The number of carbonyl (C=O) groups excluding carboxylic acids is 1. The first kappa shape index (κ1) is 28.9. The van der Waals surface area contributed by atoms with E-state index >= 15 is 0 Å². The fourth-order valence-corrected chi connectivity index (χ4v) is 3.43. The summed E-state index contributed by atoms with van der Waals surface area (Å²) in [6.45, 7) is 8.47. The Labute approximate surface area is 201 Å². The molecule has 0 spiro atoms. The van der Waals surface area contributed by atoms with Crippen molar-refractivity contribution in [1.82, 2.24) is 0 Å². The van der Waals surface area contributed by atoms with Gasteiger partial charge in [-0.05, 0) is 37.5 Å². The molecule has 0 aliphatic carbocycles. The minimum absolute atomic E-state index is 0.401. The molecule has 0 radical (unpaired) electrons. The normalized spacial score (nSPS) is 11.0. The molecule has 188 valence electrons. The van der Waals surface area contributed by atoms with E-state index in [4.69, 9.17) is 18.9 Å². The molecule has 0 amide bonds. The number of unbranched alkanes of at least 4 members (excludes halogenated alkanes) is 9. The highest BCUT2D eigenvalue weighted by atomic mass is 16.5. The number of hydrogen-bond acceptors (Lipinski definition) is 5. The number of hydrogen-bond donors (Lipinski definition) is 0. The van der Waals surface area contributed by atoms with Crippen LogP contribution in [-0.4, -0.2) is 32.9 Å². The standard InChI is InChI=1S/C28H46O5/c1-5-8-11-14-21-31-25-19-17-24(18-20-26(29)30-4)27(32-22-15-12-9-6-2)28(25)33-23-16-13-10-7-3/h17-20H,5-16,21-23H2,1-4H3/b20-18+. The predicted molar refractivity (Wildman–Crippen MR) is 136 cm³/mol. The van der Waals surface area contributed by atoms with Gasteiger partial charge in [0.25, 0.3) is 0 Å². The summed E-state index contributed by atoms with van der Waals surface area (Å²) in [5.41, 5.74) is 0.790. The van der Waals surface area contributed by atoms with E-state index in [-0.39, 0.29) is 0 Å². The lowest BCUT2D eigenvalue weighted by molar-refractivity contribution is -0.134. The van der Waals surface area contributed by atoms with Crippen molar-refractivity contribution in [3.05, 3.63) is 23.8 Å². The Morgan fingerprint density at radius 3 is 1.73 bits per heavy atom. The lowest BCUT2D eigenvalue weighted by Gasteiger charge is -2.19. The van der Waals surface area contributed by atoms with Crippen LogP contribution in [0, 0.1) is 0 Å². The average Bonchev–Trinajstić information content (AvgIpc) is 2.83. The predicted octanol–water partition coefficient (Wildman–Crippen LogP) is 7.75. The first-order chi connectivity index (χ1) is 16.2. The minimum Gasteiger partial charge on any atom is -0.490 e. The van der Waals surface area contributed by atoms with E-state index in [0.717, 1.165) is 44.1 Å². The molecule has 1 aromatic carbocycles. The zero-order chi connectivity index (χ0) is 24.2. The average molecular weight is 463 g/mol. The quantitative estimate of drug-likeness (QED) is 0.113. The third kappa shape index (κ3) is 12.6. The third-order valence-electron chi connectivity index (χ3n) is 5.45. The molecule has 0 atom stereocenters. The molecule has 33 heavy (non-hydrogen) atoms. The van der Waals surface area contributed by atoms with Gasteiger partial charge in [0.2, 0.25) is 5.75 Å². The van der Waals surface area contributed by atoms with Crippen LogP contribution in [0.1, 0.15) is 103 Å². The van der Waals surface area contributed by atoms with Crippen molar-refractivity contribution in [3.8, 4) is 17.2 Å². The molecule has 0 unspecified atom stereocenters.